The van der Waals surface area contributed by atoms with Gasteiger partial charge in [0.05, 0.1) is 5.92 Å². The first-order chi connectivity index (χ1) is 12.0. The second-order valence-corrected chi connectivity index (χ2v) is 6.28. The molecule has 2 heterocycles. The molecule has 0 radical (unpaired) electrons. The molecule has 1 aliphatic heterocycles. The molecule has 126 valence electrons. The Bertz CT molecular complexity index is 975. The molecule has 4 rings (SSSR count). The third-order valence-corrected chi connectivity index (χ3v) is 4.46. The molecule has 2 aromatic carbocycles. The van der Waals surface area contributed by atoms with Crippen molar-refractivity contribution in [2.24, 2.45) is 5.92 Å². The van der Waals surface area contributed by atoms with Crippen LogP contribution in [0.25, 0.3) is 22.6 Å². The van der Waals surface area contributed by atoms with E-state index < -0.39 is 11.9 Å². The number of nitrogens with zero attached hydrogens (tertiary/aromatic N) is 2. The molecule has 0 unspecified atom stereocenters. The van der Waals surface area contributed by atoms with Crippen LogP contribution in [-0.4, -0.2) is 28.5 Å². The maximum absolute atomic E-state index is 12.1. The van der Waals surface area contributed by atoms with Crippen LogP contribution in [0.5, 0.6) is 0 Å². The highest BCUT2D eigenvalue weighted by molar-refractivity contribution is 6.00. The van der Waals surface area contributed by atoms with Gasteiger partial charge in [-0.2, -0.15) is 0 Å². The Morgan fingerprint density at radius 2 is 2.00 bits per heavy atom. The van der Waals surface area contributed by atoms with Crippen molar-refractivity contribution in [1.29, 1.82) is 0 Å². The van der Waals surface area contributed by atoms with E-state index in [1.165, 1.54) is 4.90 Å². The smallest absolute Gasteiger partial charge is 0.308 e. The molecule has 6 nitrogen and oxygen atoms in total. The third-order valence-electron chi connectivity index (χ3n) is 4.46. The Balaban J connectivity index is 1.68. The van der Waals surface area contributed by atoms with E-state index in [-0.39, 0.29) is 18.9 Å². The summed E-state index contributed by atoms with van der Waals surface area (Å²) in [4.78, 5) is 29.2. The van der Waals surface area contributed by atoms with Crippen molar-refractivity contribution in [3.63, 3.8) is 0 Å². The van der Waals surface area contributed by atoms with Crippen molar-refractivity contribution >= 4 is 28.7 Å². The number of aryl methyl sites for hydroxylation is 1. The lowest BCUT2D eigenvalue weighted by Gasteiger charge is -2.15. The van der Waals surface area contributed by atoms with Crippen LogP contribution in [0.1, 0.15) is 12.0 Å². The summed E-state index contributed by atoms with van der Waals surface area (Å²) in [7, 11) is 0. The zero-order valence-electron chi connectivity index (χ0n) is 13.6. The Morgan fingerprint density at radius 1 is 1.24 bits per heavy atom. The van der Waals surface area contributed by atoms with E-state index in [0.29, 0.717) is 22.7 Å². The maximum atomic E-state index is 12.1. The summed E-state index contributed by atoms with van der Waals surface area (Å²) in [6.07, 6.45) is 0.0262. The average molecular weight is 336 g/mol. The number of anilines is 1. The lowest BCUT2D eigenvalue weighted by Crippen LogP contribution is -2.25. The van der Waals surface area contributed by atoms with E-state index in [2.05, 4.69) is 4.98 Å². The van der Waals surface area contributed by atoms with Crippen molar-refractivity contribution < 1.29 is 19.1 Å². The van der Waals surface area contributed by atoms with Gasteiger partial charge in [0.2, 0.25) is 11.8 Å². The lowest BCUT2D eigenvalue weighted by molar-refractivity contribution is -0.141. The molecule has 1 fully saturated rings. The number of aromatic nitrogens is 1. The molecule has 0 spiro atoms. The minimum atomic E-state index is -0.946. The molecule has 6 heteroatoms. The molecule has 0 bridgehead atoms. The van der Waals surface area contributed by atoms with Crippen molar-refractivity contribution in [3.05, 3.63) is 48.0 Å². The SMILES string of the molecule is Cc1ccc(-c2nc3ccc(N4C[C@@H](C(=O)O)CC4=O)cc3o2)cc1. The number of rotatable bonds is 3. The van der Waals surface area contributed by atoms with E-state index in [0.717, 1.165) is 11.1 Å². The number of benzene rings is 2. The normalized spacial score (nSPS) is 17.4. The van der Waals surface area contributed by atoms with Crippen LogP contribution in [0.15, 0.2) is 46.9 Å². The van der Waals surface area contributed by atoms with Crippen LogP contribution >= 0.6 is 0 Å². The number of carboxylic acids is 1. The number of aliphatic carboxylic acids is 1. The second kappa shape index (κ2) is 5.73. The van der Waals surface area contributed by atoms with Crippen LogP contribution in [-0.2, 0) is 9.59 Å². The molecule has 0 aliphatic carbocycles. The molecule has 1 amide bonds. The number of hydrogen-bond acceptors (Lipinski definition) is 4. The zero-order valence-corrected chi connectivity index (χ0v) is 13.6. The van der Waals surface area contributed by atoms with E-state index >= 15 is 0 Å². The van der Waals surface area contributed by atoms with Gasteiger partial charge in [-0.1, -0.05) is 17.7 Å². The minimum absolute atomic E-state index is 0.0262. The van der Waals surface area contributed by atoms with Crippen LogP contribution in [0.4, 0.5) is 5.69 Å². The first-order valence-electron chi connectivity index (χ1n) is 8.02. The van der Waals surface area contributed by atoms with Crippen molar-refractivity contribution in [2.75, 3.05) is 11.4 Å². The first kappa shape index (κ1) is 15.4. The lowest BCUT2D eigenvalue weighted by atomic mass is 10.1. The summed E-state index contributed by atoms with van der Waals surface area (Å²) in [5, 5.41) is 9.11. The van der Waals surface area contributed by atoms with E-state index in [9.17, 15) is 9.59 Å². The molecule has 0 saturated carbocycles. The maximum Gasteiger partial charge on any atom is 0.308 e. The van der Waals surface area contributed by atoms with Gasteiger partial charge in [0.15, 0.2) is 5.58 Å². The molecule has 1 aliphatic rings. The fourth-order valence-corrected chi connectivity index (χ4v) is 3.02. The predicted molar refractivity (Wildman–Crippen MR) is 92.3 cm³/mol. The van der Waals surface area contributed by atoms with Crippen molar-refractivity contribution in [2.45, 2.75) is 13.3 Å². The summed E-state index contributed by atoms with van der Waals surface area (Å²) in [6, 6.07) is 13.2. The number of oxazole rings is 1. The summed E-state index contributed by atoms with van der Waals surface area (Å²) in [6.45, 7) is 2.19. The molecular weight excluding hydrogens is 320 g/mol. The molecule has 3 aromatic rings. The van der Waals surface area contributed by atoms with Crippen LogP contribution in [0.2, 0.25) is 0 Å². The van der Waals surface area contributed by atoms with Gasteiger partial charge in [-0.25, -0.2) is 4.98 Å². The zero-order chi connectivity index (χ0) is 17.6. The third kappa shape index (κ3) is 2.76. The van der Waals surface area contributed by atoms with Crippen LogP contribution in [0.3, 0.4) is 0 Å². The highest BCUT2D eigenvalue weighted by Gasteiger charge is 2.35. The van der Waals surface area contributed by atoms with Gasteiger partial charge >= 0.3 is 5.97 Å². The number of fused-ring (bicyclic) bond motifs is 1. The largest absolute Gasteiger partial charge is 0.481 e. The summed E-state index contributed by atoms with van der Waals surface area (Å²) >= 11 is 0. The van der Waals surface area contributed by atoms with Gasteiger partial charge in [-0.3, -0.25) is 9.59 Å². The Kier molecular flexibility index (Phi) is 3.53. The number of carbonyl (C=O) groups is 2. The van der Waals surface area contributed by atoms with Crippen molar-refractivity contribution in [1.82, 2.24) is 4.98 Å². The average Bonchev–Trinajstić information content (AvgIpc) is 3.18. The van der Waals surface area contributed by atoms with Gasteiger partial charge in [-0.05, 0) is 31.2 Å². The van der Waals surface area contributed by atoms with Gasteiger partial charge in [0.1, 0.15) is 5.52 Å². The van der Waals surface area contributed by atoms with E-state index in [4.69, 9.17) is 9.52 Å². The first-order valence-corrected chi connectivity index (χ1v) is 8.02. The summed E-state index contributed by atoms with van der Waals surface area (Å²) < 4.78 is 5.84. The molecule has 1 atom stereocenters. The summed E-state index contributed by atoms with van der Waals surface area (Å²) in [5.41, 5.74) is 3.93. The molecule has 1 aromatic heterocycles. The highest BCUT2D eigenvalue weighted by atomic mass is 16.4. The Hall–Kier alpha value is -3.15. The number of carbonyl (C=O) groups excluding carboxylic acids is 1. The Morgan fingerprint density at radius 3 is 2.68 bits per heavy atom. The second-order valence-electron chi connectivity index (χ2n) is 6.28. The van der Waals surface area contributed by atoms with Gasteiger partial charge in [0, 0.05) is 30.3 Å². The number of amides is 1. The van der Waals surface area contributed by atoms with Gasteiger partial charge < -0.3 is 14.4 Å². The minimum Gasteiger partial charge on any atom is -0.481 e. The standard InChI is InChI=1S/C19H16N2O4/c1-11-2-4-12(5-3-11)18-20-15-7-6-14(9-16(15)25-18)21-10-13(19(23)24)8-17(21)22/h2-7,9,13H,8,10H2,1H3,(H,23,24)/t13-/m0/s1. The monoisotopic (exact) mass is 336 g/mol. The van der Waals surface area contributed by atoms with Crippen LogP contribution < -0.4 is 4.90 Å². The molecular formula is C19H16N2O4. The van der Waals surface area contributed by atoms with E-state index in [1.54, 1.807) is 18.2 Å². The fraction of sp³-hybridized carbons (Fsp3) is 0.211. The highest BCUT2D eigenvalue weighted by Crippen LogP contribution is 2.30. The number of hydrogen-bond donors (Lipinski definition) is 1. The topological polar surface area (TPSA) is 83.6 Å². The van der Waals surface area contributed by atoms with Gasteiger partial charge in [0.25, 0.3) is 0 Å². The Labute approximate surface area is 143 Å². The van der Waals surface area contributed by atoms with E-state index in [1.807, 2.05) is 31.2 Å². The van der Waals surface area contributed by atoms with Crippen LogP contribution in [0, 0.1) is 12.8 Å². The molecule has 1 saturated heterocycles. The van der Waals surface area contributed by atoms with Crippen molar-refractivity contribution in [3.8, 4) is 11.5 Å². The van der Waals surface area contributed by atoms with Gasteiger partial charge in [-0.15, -0.1) is 0 Å². The predicted octanol–water partition coefficient (Wildman–Crippen LogP) is 3.24. The fourth-order valence-electron chi connectivity index (χ4n) is 3.02. The molecule has 25 heavy (non-hydrogen) atoms. The molecule has 1 N–H and O–H groups in total. The number of carboxylic acid groups (broad SMARTS) is 1. The summed E-state index contributed by atoms with van der Waals surface area (Å²) in [5.74, 6) is -1.28. The quantitative estimate of drug-likeness (QED) is 0.794.